The molecule has 2 aromatic rings. The minimum absolute atomic E-state index is 0.0318. The number of aromatic carboxylic acids is 1. The van der Waals surface area contributed by atoms with Crippen LogP contribution >= 0.6 is 0 Å². The highest BCUT2D eigenvalue weighted by Gasteiger charge is 2.18. The van der Waals surface area contributed by atoms with Crippen LogP contribution in [0.25, 0.3) is 0 Å². The summed E-state index contributed by atoms with van der Waals surface area (Å²) in [6, 6.07) is 7.20. The van der Waals surface area contributed by atoms with Crippen molar-refractivity contribution in [1.29, 1.82) is 0 Å². The van der Waals surface area contributed by atoms with Gasteiger partial charge in [-0.1, -0.05) is 12.1 Å². The van der Waals surface area contributed by atoms with Crippen molar-refractivity contribution < 1.29 is 19.6 Å². The lowest BCUT2D eigenvalue weighted by molar-refractivity contribution is -0.386. The molecule has 2 rings (SSSR count). The first-order valence-electron chi connectivity index (χ1n) is 5.18. The molecule has 1 N–H and O–H groups in total. The number of nitro groups is 1. The summed E-state index contributed by atoms with van der Waals surface area (Å²) in [6.45, 7) is 0. The largest absolute Gasteiger partial charge is 0.478 e. The average molecular weight is 260 g/mol. The average Bonchev–Trinajstić information content (AvgIpc) is 2.39. The second kappa shape index (κ2) is 5.13. The lowest BCUT2D eigenvalue weighted by Gasteiger charge is -2.08. The van der Waals surface area contributed by atoms with Crippen LogP contribution in [0.1, 0.15) is 10.4 Å². The maximum Gasteiger partial charge on any atom is 0.339 e. The number of para-hydroxylation sites is 1. The van der Waals surface area contributed by atoms with E-state index in [0.717, 1.165) is 6.20 Å². The van der Waals surface area contributed by atoms with Gasteiger partial charge in [-0.3, -0.25) is 15.1 Å². The van der Waals surface area contributed by atoms with Crippen molar-refractivity contribution >= 4 is 11.7 Å². The summed E-state index contributed by atoms with van der Waals surface area (Å²) >= 11 is 0. The highest BCUT2D eigenvalue weighted by molar-refractivity contribution is 5.91. The Labute approximate surface area is 107 Å². The maximum absolute atomic E-state index is 11.0. The predicted octanol–water partition coefficient (Wildman–Crippen LogP) is 2.48. The summed E-state index contributed by atoms with van der Waals surface area (Å²) in [5.41, 5.74) is -0.406. The molecule has 0 bridgehead atoms. The van der Waals surface area contributed by atoms with Gasteiger partial charge in [0.15, 0.2) is 0 Å². The quantitative estimate of drug-likeness (QED) is 0.669. The highest BCUT2D eigenvalue weighted by Crippen LogP contribution is 2.31. The van der Waals surface area contributed by atoms with Crippen molar-refractivity contribution in [3.8, 4) is 11.5 Å². The Morgan fingerprint density at radius 1 is 1.26 bits per heavy atom. The van der Waals surface area contributed by atoms with E-state index >= 15 is 0 Å². The van der Waals surface area contributed by atoms with E-state index < -0.39 is 10.9 Å². The third kappa shape index (κ3) is 2.65. The van der Waals surface area contributed by atoms with Gasteiger partial charge in [0.25, 0.3) is 0 Å². The van der Waals surface area contributed by atoms with Gasteiger partial charge in [0.2, 0.25) is 5.75 Å². The molecule has 7 heteroatoms. The lowest BCUT2D eigenvalue weighted by atomic mass is 10.2. The van der Waals surface area contributed by atoms with Gasteiger partial charge in [-0.25, -0.2) is 4.79 Å². The van der Waals surface area contributed by atoms with Crippen LogP contribution in [0, 0.1) is 10.1 Å². The van der Waals surface area contributed by atoms with Crippen LogP contribution in [-0.2, 0) is 0 Å². The number of carboxylic acids is 1. The Morgan fingerprint density at radius 3 is 2.68 bits per heavy atom. The van der Waals surface area contributed by atoms with Crippen LogP contribution in [0.15, 0.2) is 42.7 Å². The van der Waals surface area contributed by atoms with E-state index in [1.807, 2.05) is 0 Å². The number of benzene rings is 1. The molecule has 0 atom stereocenters. The number of hydrogen-bond donors (Lipinski definition) is 1. The van der Waals surface area contributed by atoms with Crippen molar-refractivity contribution in [3.63, 3.8) is 0 Å². The maximum atomic E-state index is 11.0. The summed E-state index contributed by atoms with van der Waals surface area (Å²) < 4.78 is 5.30. The molecule has 0 radical (unpaired) electrons. The summed E-state index contributed by atoms with van der Waals surface area (Å²) in [7, 11) is 0. The molecular weight excluding hydrogens is 252 g/mol. The molecule has 0 unspecified atom stereocenters. The molecule has 0 aliphatic heterocycles. The Balaban J connectivity index is 2.42. The van der Waals surface area contributed by atoms with Crippen LogP contribution in [0.3, 0.4) is 0 Å². The van der Waals surface area contributed by atoms with Crippen molar-refractivity contribution in [2.45, 2.75) is 0 Å². The SMILES string of the molecule is O=C(O)c1ccccc1Oc1ccncc1[N+](=O)[O-]. The second-order valence-electron chi connectivity index (χ2n) is 3.50. The lowest BCUT2D eigenvalue weighted by Crippen LogP contribution is -2.01. The summed E-state index contributed by atoms with van der Waals surface area (Å²) in [4.78, 5) is 24.8. The fraction of sp³-hybridized carbons (Fsp3) is 0. The Hall–Kier alpha value is -2.96. The molecule has 0 aliphatic rings. The third-order valence-electron chi connectivity index (χ3n) is 2.30. The van der Waals surface area contributed by atoms with Gasteiger partial charge in [0.05, 0.1) is 4.92 Å². The van der Waals surface area contributed by atoms with E-state index in [1.54, 1.807) is 6.07 Å². The summed E-state index contributed by atoms with van der Waals surface area (Å²) in [6.07, 6.45) is 2.37. The van der Waals surface area contributed by atoms with Gasteiger partial charge in [-0.15, -0.1) is 0 Å². The zero-order chi connectivity index (χ0) is 13.8. The van der Waals surface area contributed by atoms with Crippen LogP contribution in [0.5, 0.6) is 11.5 Å². The number of aromatic nitrogens is 1. The second-order valence-corrected chi connectivity index (χ2v) is 3.50. The van der Waals surface area contributed by atoms with E-state index in [-0.39, 0.29) is 22.7 Å². The zero-order valence-corrected chi connectivity index (χ0v) is 9.52. The van der Waals surface area contributed by atoms with E-state index in [4.69, 9.17) is 9.84 Å². The third-order valence-corrected chi connectivity index (χ3v) is 2.30. The van der Waals surface area contributed by atoms with E-state index in [0.29, 0.717) is 0 Å². The standard InChI is InChI=1S/C12H8N2O5/c15-12(16)8-3-1-2-4-10(8)19-11-5-6-13-7-9(11)14(17)18/h1-7H,(H,15,16). The van der Waals surface area contributed by atoms with Crippen LogP contribution in [0.2, 0.25) is 0 Å². The monoisotopic (exact) mass is 260 g/mol. The van der Waals surface area contributed by atoms with Crippen molar-refractivity contribution in [2.24, 2.45) is 0 Å². The molecule has 7 nitrogen and oxygen atoms in total. The molecule has 0 aliphatic carbocycles. The van der Waals surface area contributed by atoms with Crippen LogP contribution in [0.4, 0.5) is 5.69 Å². The zero-order valence-electron chi connectivity index (χ0n) is 9.52. The fourth-order valence-electron chi connectivity index (χ4n) is 1.45. The number of carboxylic acid groups (broad SMARTS) is 1. The van der Waals surface area contributed by atoms with Gasteiger partial charge in [0.1, 0.15) is 17.5 Å². The number of ether oxygens (including phenoxy) is 1. The van der Waals surface area contributed by atoms with E-state index in [2.05, 4.69) is 4.98 Å². The summed E-state index contributed by atoms with van der Waals surface area (Å²) in [5, 5.41) is 19.8. The van der Waals surface area contributed by atoms with Gasteiger partial charge in [-0.05, 0) is 12.1 Å². The molecule has 96 valence electrons. The molecule has 0 saturated heterocycles. The molecule has 1 aromatic carbocycles. The fourth-order valence-corrected chi connectivity index (χ4v) is 1.45. The van der Waals surface area contributed by atoms with Crippen molar-refractivity contribution in [1.82, 2.24) is 4.98 Å². The Kier molecular flexibility index (Phi) is 3.37. The minimum Gasteiger partial charge on any atom is -0.478 e. The molecule has 0 amide bonds. The first-order valence-corrected chi connectivity index (χ1v) is 5.18. The van der Waals surface area contributed by atoms with Gasteiger partial charge in [-0.2, -0.15) is 0 Å². The molecule has 0 fully saturated rings. The first-order chi connectivity index (χ1) is 9.09. The van der Waals surface area contributed by atoms with Crippen LogP contribution < -0.4 is 4.74 Å². The Bertz CT molecular complexity index is 586. The Morgan fingerprint density at radius 2 is 2.00 bits per heavy atom. The topological polar surface area (TPSA) is 103 Å². The number of pyridine rings is 1. The minimum atomic E-state index is -1.17. The van der Waals surface area contributed by atoms with Crippen molar-refractivity contribution in [2.75, 3.05) is 0 Å². The van der Waals surface area contributed by atoms with Crippen molar-refractivity contribution in [3.05, 3.63) is 58.4 Å². The molecule has 0 saturated carbocycles. The molecule has 1 aromatic heterocycles. The number of hydrogen-bond acceptors (Lipinski definition) is 5. The highest BCUT2D eigenvalue weighted by atomic mass is 16.6. The first kappa shape index (κ1) is 12.5. The van der Waals surface area contributed by atoms with Gasteiger partial charge < -0.3 is 9.84 Å². The molecule has 19 heavy (non-hydrogen) atoms. The summed E-state index contributed by atoms with van der Waals surface area (Å²) in [5.74, 6) is -1.20. The van der Waals surface area contributed by atoms with Crippen LogP contribution in [-0.4, -0.2) is 21.0 Å². The van der Waals surface area contributed by atoms with Gasteiger partial charge >= 0.3 is 11.7 Å². The normalized spacial score (nSPS) is 9.89. The number of nitrogens with zero attached hydrogens (tertiary/aromatic N) is 2. The molecule has 0 spiro atoms. The number of rotatable bonds is 4. The number of carbonyl (C=O) groups is 1. The van der Waals surface area contributed by atoms with E-state index in [1.165, 1.54) is 30.5 Å². The predicted molar refractivity (Wildman–Crippen MR) is 64.4 cm³/mol. The molecule has 1 heterocycles. The smallest absolute Gasteiger partial charge is 0.339 e. The van der Waals surface area contributed by atoms with E-state index in [9.17, 15) is 14.9 Å². The molecular formula is C12H8N2O5. The van der Waals surface area contributed by atoms with Gasteiger partial charge in [0, 0.05) is 12.3 Å².